The summed E-state index contributed by atoms with van der Waals surface area (Å²) in [6, 6.07) is 84.6. The zero-order valence-corrected chi connectivity index (χ0v) is 38.0. The van der Waals surface area contributed by atoms with Crippen LogP contribution in [-0.4, -0.2) is 15.0 Å². The van der Waals surface area contributed by atoms with Gasteiger partial charge in [0.2, 0.25) is 0 Å². The maximum Gasteiger partial charge on any atom is 0.167 e. The maximum absolute atomic E-state index is 6.88. The number of para-hydroxylation sites is 1. The van der Waals surface area contributed by atoms with Crippen molar-refractivity contribution in [3.05, 3.63) is 259 Å². The normalized spacial score (nSPS) is 12.8. The van der Waals surface area contributed by atoms with Crippen LogP contribution in [0.2, 0.25) is 0 Å². The van der Waals surface area contributed by atoms with Crippen LogP contribution in [0.1, 0.15) is 22.3 Å². The second kappa shape index (κ2) is 15.7. The van der Waals surface area contributed by atoms with E-state index in [2.05, 4.69) is 218 Å². The molecule has 13 aromatic rings. The Morgan fingerprint density at radius 3 is 1.67 bits per heavy atom. The van der Waals surface area contributed by atoms with Gasteiger partial charge in [-0.15, -0.1) is 11.3 Å². The highest BCUT2D eigenvalue weighted by molar-refractivity contribution is 7.26. The van der Waals surface area contributed by atoms with E-state index in [9.17, 15) is 0 Å². The van der Waals surface area contributed by atoms with Gasteiger partial charge in [-0.3, -0.25) is 0 Å². The van der Waals surface area contributed by atoms with Gasteiger partial charge in [-0.05, 0) is 86.0 Å². The quantitative estimate of drug-likeness (QED) is 0.160. The molecule has 14 rings (SSSR count). The van der Waals surface area contributed by atoms with E-state index in [0.29, 0.717) is 17.5 Å². The number of fused-ring (bicyclic) bond motifs is 9. The fourth-order valence-electron chi connectivity index (χ4n) is 11.0. The molecule has 5 heteroatoms. The average Bonchev–Trinajstić information content (AvgIpc) is 4.10. The van der Waals surface area contributed by atoms with E-state index in [1.54, 1.807) is 11.3 Å². The molecule has 69 heavy (non-hydrogen) atoms. The number of hydrogen-bond donors (Lipinski definition) is 0. The Morgan fingerprint density at radius 1 is 0.348 bits per heavy atom. The smallest absolute Gasteiger partial charge is 0.167 e. The standard InChI is InChI=1S/C64H39N3OS/c1-5-18-40(19-6-1)42-34-36-47-49-29-16-31-52(60(49)69-57(47)39-42)63-66-61(41-20-7-2-8-21-41)65-62(67-63)51-30-15-28-48-53-38-43(35-37-56(53)68-59(48)51)46-27-17-33-55-58(46)50-26-13-14-32-54(50)64(55,44-22-9-3-10-23-44)45-24-11-4-12-25-45/h1-39H. The molecule has 0 saturated heterocycles. The molecule has 0 aliphatic heterocycles. The van der Waals surface area contributed by atoms with Gasteiger partial charge >= 0.3 is 0 Å². The molecule has 3 heterocycles. The van der Waals surface area contributed by atoms with Crippen LogP contribution in [0.4, 0.5) is 0 Å². The summed E-state index contributed by atoms with van der Waals surface area (Å²) in [5.74, 6) is 1.79. The largest absolute Gasteiger partial charge is 0.455 e. The SMILES string of the molecule is c1ccc(-c2ccc3c(c2)sc2c(-c4nc(-c5ccccc5)nc(-c5cccc6c5oc5ccc(-c7cccc8c7-c7ccccc7C8(c7ccccc7)c7ccccc7)cc56)n4)cccc23)cc1. The summed E-state index contributed by atoms with van der Waals surface area (Å²) < 4.78 is 9.24. The third kappa shape index (κ3) is 6.11. The number of thiophene rings is 1. The van der Waals surface area contributed by atoms with Crippen LogP contribution in [0.5, 0.6) is 0 Å². The van der Waals surface area contributed by atoms with Crippen molar-refractivity contribution in [3.8, 4) is 67.5 Å². The Labute approximate surface area is 402 Å². The van der Waals surface area contributed by atoms with Crippen molar-refractivity contribution >= 4 is 53.4 Å². The monoisotopic (exact) mass is 897 g/mol. The van der Waals surface area contributed by atoms with Gasteiger partial charge in [-0.1, -0.05) is 206 Å². The molecule has 0 atom stereocenters. The van der Waals surface area contributed by atoms with Crippen LogP contribution < -0.4 is 0 Å². The van der Waals surface area contributed by atoms with Crippen LogP contribution in [0, 0.1) is 0 Å². The Balaban J connectivity index is 0.933. The number of furan rings is 1. The number of benzene rings is 10. The first-order chi connectivity index (χ1) is 34.2. The van der Waals surface area contributed by atoms with Gasteiger partial charge in [0.1, 0.15) is 11.2 Å². The third-order valence-corrected chi connectivity index (χ3v) is 15.2. The maximum atomic E-state index is 6.88. The van der Waals surface area contributed by atoms with Crippen LogP contribution in [-0.2, 0) is 5.41 Å². The van der Waals surface area contributed by atoms with E-state index in [1.165, 1.54) is 65.5 Å². The third-order valence-electron chi connectivity index (χ3n) is 14.0. The highest BCUT2D eigenvalue weighted by Crippen LogP contribution is 2.58. The lowest BCUT2D eigenvalue weighted by atomic mass is 9.67. The molecule has 4 nitrogen and oxygen atoms in total. The predicted molar refractivity (Wildman–Crippen MR) is 284 cm³/mol. The molecule has 0 N–H and O–H groups in total. The van der Waals surface area contributed by atoms with Gasteiger partial charge < -0.3 is 4.42 Å². The minimum Gasteiger partial charge on any atom is -0.455 e. The van der Waals surface area contributed by atoms with Crippen LogP contribution in [0.3, 0.4) is 0 Å². The molecular formula is C64H39N3OS. The lowest BCUT2D eigenvalue weighted by Crippen LogP contribution is -2.28. The second-order valence-corrected chi connectivity index (χ2v) is 18.8. The Kier molecular flexibility index (Phi) is 8.95. The van der Waals surface area contributed by atoms with E-state index >= 15 is 0 Å². The molecule has 0 radical (unpaired) electrons. The molecule has 10 aromatic carbocycles. The number of hydrogen-bond acceptors (Lipinski definition) is 5. The van der Waals surface area contributed by atoms with Crippen molar-refractivity contribution in [1.29, 1.82) is 0 Å². The van der Waals surface area contributed by atoms with Gasteiger partial charge in [0.25, 0.3) is 0 Å². The Hall–Kier alpha value is -8.77. The van der Waals surface area contributed by atoms with Gasteiger partial charge in [-0.25, -0.2) is 15.0 Å². The lowest BCUT2D eigenvalue weighted by Gasteiger charge is -2.34. The minimum atomic E-state index is -0.484. The summed E-state index contributed by atoms with van der Waals surface area (Å²) >= 11 is 1.78. The lowest BCUT2D eigenvalue weighted by molar-refractivity contribution is 0.669. The van der Waals surface area contributed by atoms with Crippen molar-refractivity contribution in [2.24, 2.45) is 0 Å². The predicted octanol–water partition coefficient (Wildman–Crippen LogP) is 16.8. The molecule has 0 bridgehead atoms. The van der Waals surface area contributed by atoms with Crippen LogP contribution >= 0.6 is 11.3 Å². The summed E-state index contributed by atoms with van der Waals surface area (Å²) in [6.45, 7) is 0. The highest BCUT2D eigenvalue weighted by atomic mass is 32.1. The zero-order chi connectivity index (χ0) is 45.5. The van der Waals surface area contributed by atoms with Gasteiger partial charge in [0.15, 0.2) is 17.5 Å². The minimum absolute atomic E-state index is 0.484. The van der Waals surface area contributed by atoms with Crippen molar-refractivity contribution in [2.75, 3.05) is 0 Å². The van der Waals surface area contributed by atoms with E-state index in [1.807, 2.05) is 18.2 Å². The molecular weight excluding hydrogens is 859 g/mol. The molecule has 1 aliphatic carbocycles. The molecule has 322 valence electrons. The molecule has 0 spiro atoms. The van der Waals surface area contributed by atoms with E-state index in [4.69, 9.17) is 19.4 Å². The summed E-state index contributed by atoms with van der Waals surface area (Å²) in [5, 5.41) is 4.44. The summed E-state index contributed by atoms with van der Waals surface area (Å²) in [4.78, 5) is 15.7. The zero-order valence-electron chi connectivity index (χ0n) is 37.2. The van der Waals surface area contributed by atoms with Crippen molar-refractivity contribution in [3.63, 3.8) is 0 Å². The number of nitrogens with zero attached hydrogens (tertiary/aromatic N) is 3. The van der Waals surface area contributed by atoms with Gasteiger partial charge in [0, 0.05) is 42.1 Å². The average molecular weight is 898 g/mol. The summed E-state index contributed by atoms with van der Waals surface area (Å²) in [6.07, 6.45) is 0. The second-order valence-electron chi connectivity index (χ2n) is 17.8. The Bertz CT molecular complexity index is 4080. The summed E-state index contributed by atoms with van der Waals surface area (Å²) in [5.41, 5.74) is 16.0. The topological polar surface area (TPSA) is 51.8 Å². The van der Waals surface area contributed by atoms with E-state index in [0.717, 1.165) is 48.9 Å². The van der Waals surface area contributed by atoms with Crippen LogP contribution in [0.15, 0.2) is 241 Å². The van der Waals surface area contributed by atoms with E-state index in [-0.39, 0.29) is 0 Å². The molecule has 0 amide bonds. The van der Waals surface area contributed by atoms with Crippen molar-refractivity contribution < 1.29 is 4.42 Å². The number of aromatic nitrogens is 3. The first kappa shape index (κ1) is 39.4. The van der Waals surface area contributed by atoms with E-state index < -0.39 is 5.41 Å². The van der Waals surface area contributed by atoms with Crippen LogP contribution in [0.25, 0.3) is 110 Å². The fraction of sp³-hybridized carbons (Fsp3) is 0.0156. The highest BCUT2D eigenvalue weighted by Gasteiger charge is 2.46. The summed E-state index contributed by atoms with van der Waals surface area (Å²) in [7, 11) is 0. The van der Waals surface area contributed by atoms with Crippen molar-refractivity contribution in [1.82, 2.24) is 15.0 Å². The molecule has 0 unspecified atom stereocenters. The van der Waals surface area contributed by atoms with Gasteiger partial charge in [-0.2, -0.15) is 0 Å². The molecule has 0 fully saturated rings. The first-order valence-corrected chi connectivity index (χ1v) is 24.2. The molecule has 3 aromatic heterocycles. The van der Waals surface area contributed by atoms with Crippen molar-refractivity contribution in [2.45, 2.75) is 5.41 Å². The number of rotatable bonds is 7. The Morgan fingerprint density at radius 2 is 0.913 bits per heavy atom. The van der Waals surface area contributed by atoms with Gasteiger partial charge in [0.05, 0.1) is 11.0 Å². The molecule has 0 saturated carbocycles. The fourth-order valence-corrected chi connectivity index (χ4v) is 12.2. The first-order valence-electron chi connectivity index (χ1n) is 23.3. The molecule has 1 aliphatic rings.